The molecular weight excluding hydrogens is 1950 g/mol. The Hall–Kier alpha value is -14.6. The smallest absolute Gasteiger partial charge is 0.381 e. The Labute approximate surface area is 881 Å². The van der Waals surface area contributed by atoms with Gasteiger partial charge in [-0.15, -0.1) is 25.7 Å². The van der Waals surface area contributed by atoms with Crippen molar-refractivity contribution < 1.29 is 166 Å². The monoisotopic (exact) mass is 2110 g/mol. The minimum Gasteiger partial charge on any atom is -0.504 e. The van der Waals surface area contributed by atoms with Crippen molar-refractivity contribution in [3.8, 4) is 83.9 Å². The standard InChI is InChI=1S/C37H44N4O10.C25H41NO7.C22H41NO6.C13H17NO7.C7H12O2.C3H2O2.C2H6/c1-2-33(48)41-37(15-9-34(49)38-18-12-24-3-6-27(42)30(45)21-24,16-10-35(50)39-19-13-25-4-7-28(43)31(46)22-25)17-11-36(51)40-20-14-26-5-8-29(44)32(47)23-26;1-11-18(27)26-25(15-12-19(28)31-22(2,3)4,16-13-20(29)32-23(5,6)7)17-14-21(30)33-24(8,9)10;1-19(2,3)27-16(24)10-13-22(23,14-11-17(25)28-20(4,5)6)15-12-18(26)29-21(7,8)9;1-2-9(15)14-13(6-3-10(16)17,7-4-11(18)19)8-5-12(20)21;1-5-6(8)9-7(2,3)4;1-2-3(4)5;1-2/h1,3-8,21-23,42-47H,9-20H2,(H,38,49)(H,39,50)(H,40,51)(H,41,48);1H,12-17H2,2-10H3,(H,26,27);10-15,23H2,1-9H3;1H,3-8H2,(H,14,15)(H,16,17)(H,18,19)(H,20,21);5H,1H2,2-4H3;1H,(H,4,5);1-2H3. The fourth-order valence-corrected chi connectivity index (χ4v) is 13.2. The third kappa shape index (κ3) is 76.9. The average molecular weight is 2120 g/mol. The Balaban J connectivity index is -0.000000939. The molecule has 0 saturated heterocycles. The van der Waals surface area contributed by atoms with Gasteiger partial charge in [-0.05, 0) is 313 Å². The first-order valence-electron chi connectivity index (χ1n) is 48.8. The van der Waals surface area contributed by atoms with E-state index in [9.17, 15) is 107 Å². The molecule has 0 aliphatic heterocycles. The van der Waals surface area contributed by atoms with Gasteiger partial charge in [0.05, 0.1) is 0 Å². The number of ether oxygens (including phenoxy) is 7. The predicted molar refractivity (Wildman–Crippen MR) is 558 cm³/mol. The van der Waals surface area contributed by atoms with Gasteiger partial charge in [-0.1, -0.05) is 38.6 Å². The van der Waals surface area contributed by atoms with Gasteiger partial charge in [-0.2, -0.15) is 0 Å². The third-order valence-corrected chi connectivity index (χ3v) is 19.9. The van der Waals surface area contributed by atoms with E-state index in [-0.39, 0.29) is 231 Å². The lowest BCUT2D eigenvalue weighted by Gasteiger charge is -2.35. The van der Waals surface area contributed by atoms with Crippen molar-refractivity contribution in [3.05, 3.63) is 83.9 Å². The van der Waals surface area contributed by atoms with Crippen molar-refractivity contribution >= 4 is 101 Å². The number of aromatic hydroxyl groups is 6. The van der Waals surface area contributed by atoms with Crippen LogP contribution in [0.5, 0.6) is 34.5 Å². The van der Waals surface area contributed by atoms with Gasteiger partial charge in [0.25, 0.3) is 17.7 Å². The van der Waals surface area contributed by atoms with Gasteiger partial charge in [0.15, 0.2) is 34.5 Å². The van der Waals surface area contributed by atoms with Gasteiger partial charge in [-0.3, -0.25) is 71.9 Å². The largest absolute Gasteiger partial charge is 0.504 e. The van der Waals surface area contributed by atoms with Gasteiger partial charge >= 0.3 is 65.7 Å². The number of hydrogen-bond acceptors (Lipinski definition) is 31. The number of hydrogen-bond donors (Lipinski definition) is 17. The molecule has 0 aliphatic rings. The van der Waals surface area contributed by atoms with Crippen molar-refractivity contribution in [2.45, 2.75) is 394 Å². The number of aliphatic carboxylic acids is 4. The number of carbonyl (C=O) groups excluding carboxylic acids is 13. The Kier molecular flexibility index (Phi) is 65.0. The molecule has 0 spiro atoms. The minimum atomic E-state index is -1.27. The van der Waals surface area contributed by atoms with Crippen molar-refractivity contribution in [3.63, 3.8) is 0 Å². The maximum absolute atomic E-state index is 12.9. The Morgan fingerprint density at radius 3 is 0.647 bits per heavy atom. The van der Waals surface area contributed by atoms with E-state index in [1.807, 2.05) is 46.5 Å². The van der Waals surface area contributed by atoms with Crippen LogP contribution in [-0.4, -0.2) is 233 Å². The quantitative estimate of drug-likeness (QED) is 0.00820. The highest BCUT2D eigenvalue weighted by atomic mass is 16.6. The normalized spacial score (nSPS) is 11.3. The van der Waals surface area contributed by atoms with Crippen LogP contribution >= 0.6 is 0 Å². The first kappa shape index (κ1) is 142. The zero-order valence-electron chi connectivity index (χ0n) is 91.4. The van der Waals surface area contributed by atoms with Crippen molar-refractivity contribution in [1.29, 1.82) is 0 Å². The molecule has 3 aromatic carbocycles. The van der Waals surface area contributed by atoms with Gasteiger partial charge in [-0.25, -0.2) is 9.59 Å². The molecule has 0 bridgehead atoms. The third-order valence-electron chi connectivity index (χ3n) is 19.9. The van der Waals surface area contributed by atoms with Crippen LogP contribution in [0.4, 0.5) is 0 Å². The van der Waals surface area contributed by atoms with E-state index in [1.54, 1.807) is 149 Å². The molecule has 0 unspecified atom stereocenters. The summed E-state index contributed by atoms with van der Waals surface area (Å²) in [6.45, 7) is 45.3. The SMILES string of the molecule is C#CC(=O)NC(CCC(=O)NCCc1ccc(O)c(O)c1)(CCC(=O)NCCc1ccc(O)c(O)c1)CCC(=O)NCCc1ccc(O)c(O)c1.C#CC(=O)NC(CCC(=O)O)(CCC(=O)O)CCC(=O)O.C#CC(=O)NC(CCC(=O)OC(C)(C)C)(CCC(=O)OC(C)(C)C)CCC(=O)OC(C)(C)C.C#CC(=O)O.C=CC(=O)OC(C)(C)C.CC.CC(C)(C)OC(=O)CCC(N)(CCC(=O)OC(C)(C)C)CCC(=O)OC(C)(C)C. The lowest BCUT2D eigenvalue weighted by molar-refractivity contribution is -0.158. The van der Waals surface area contributed by atoms with E-state index in [2.05, 4.69) is 44.9 Å². The van der Waals surface area contributed by atoms with Crippen LogP contribution in [0.25, 0.3) is 0 Å². The van der Waals surface area contributed by atoms with E-state index < -0.39 is 121 Å². The molecule has 0 radical (unpaired) electrons. The zero-order chi connectivity index (χ0) is 117. The molecular formula is C109H163N7O34. The van der Waals surface area contributed by atoms with Gasteiger partial charge < -0.3 is 122 Å². The summed E-state index contributed by atoms with van der Waals surface area (Å²) < 4.78 is 37.0. The van der Waals surface area contributed by atoms with E-state index in [1.165, 1.54) is 42.3 Å². The van der Waals surface area contributed by atoms with Gasteiger partial charge in [0.1, 0.15) is 39.2 Å². The molecule has 150 heavy (non-hydrogen) atoms. The summed E-state index contributed by atoms with van der Waals surface area (Å²) in [5.41, 5.74) is -0.0699. The van der Waals surface area contributed by atoms with Crippen LogP contribution in [0.1, 0.15) is 330 Å². The maximum Gasteiger partial charge on any atom is 0.381 e. The first-order chi connectivity index (χ1) is 68.8. The molecule has 3 aromatic rings. The molecule has 3 rings (SSSR count). The second-order valence-electron chi connectivity index (χ2n) is 41.7. The highest BCUT2D eigenvalue weighted by molar-refractivity contribution is 5.95. The van der Waals surface area contributed by atoms with E-state index in [0.29, 0.717) is 55.2 Å². The Bertz CT molecular complexity index is 4710. The highest BCUT2D eigenvalue weighted by Gasteiger charge is 2.39. The molecule has 0 aliphatic carbocycles. The molecule has 0 fully saturated rings. The van der Waals surface area contributed by atoms with E-state index in [0.717, 1.165) is 6.08 Å². The number of esters is 7. The summed E-state index contributed by atoms with van der Waals surface area (Å²) in [5, 5.41) is 108. The Morgan fingerprint density at radius 1 is 0.300 bits per heavy atom. The van der Waals surface area contributed by atoms with Gasteiger partial charge in [0, 0.05) is 131 Å². The average Bonchev–Trinajstić information content (AvgIpc) is 0.859. The molecule has 0 heterocycles. The zero-order valence-corrected chi connectivity index (χ0v) is 91.4. The summed E-state index contributed by atoms with van der Waals surface area (Å²) >= 11 is 0. The highest BCUT2D eigenvalue weighted by Crippen LogP contribution is 2.34. The Morgan fingerprint density at radius 2 is 0.487 bits per heavy atom. The number of phenolic OH excluding ortho intramolecular Hbond substituents is 6. The molecule has 41 nitrogen and oxygen atoms in total. The number of benzene rings is 3. The van der Waals surface area contributed by atoms with Crippen molar-refractivity contribution in [2.75, 3.05) is 19.6 Å². The molecule has 6 amide bonds. The number of nitrogens with two attached hydrogens (primary N) is 1. The minimum absolute atomic E-state index is 0.0369. The van der Waals surface area contributed by atoms with Crippen molar-refractivity contribution in [1.82, 2.24) is 31.9 Å². The molecule has 18 N–H and O–H groups in total. The second kappa shape index (κ2) is 68.8. The predicted octanol–water partition coefficient (Wildman–Crippen LogP) is 12.3. The van der Waals surface area contributed by atoms with Crippen LogP contribution < -0.4 is 37.6 Å². The van der Waals surface area contributed by atoms with E-state index in [4.69, 9.17) is 83.4 Å². The van der Waals surface area contributed by atoms with Crippen LogP contribution in [0, 0.1) is 49.4 Å². The van der Waals surface area contributed by atoms with Gasteiger partial charge in [0.2, 0.25) is 17.7 Å². The summed E-state index contributed by atoms with van der Waals surface area (Å²) in [7, 11) is 0. The molecule has 0 aromatic heterocycles. The van der Waals surface area contributed by atoms with Crippen LogP contribution in [-0.2, 0) is 134 Å². The topological polar surface area (TPSA) is 655 Å². The summed E-state index contributed by atoms with van der Waals surface area (Å²) in [5.74, 6) is -5.24. The summed E-state index contributed by atoms with van der Waals surface area (Å²) in [6, 6.07) is 13.0. The lowest BCUT2D eigenvalue weighted by atomic mass is 9.83. The van der Waals surface area contributed by atoms with E-state index >= 15 is 0 Å². The number of rotatable bonds is 49. The number of phenols is 6. The number of carboxylic acid groups (broad SMARTS) is 4. The lowest BCUT2D eigenvalue weighted by Crippen LogP contribution is -2.50. The number of nitrogens with one attached hydrogen (secondary N) is 6. The second-order valence-corrected chi connectivity index (χ2v) is 41.7. The summed E-state index contributed by atoms with van der Waals surface area (Å²) in [4.78, 5) is 200. The fourth-order valence-electron chi connectivity index (χ4n) is 13.2. The number of terminal acetylenes is 4. The first-order valence-corrected chi connectivity index (χ1v) is 48.8. The number of carboxylic acids is 4. The van der Waals surface area contributed by atoms with Crippen LogP contribution in [0.3, 0.4) is 0 Å². The van der Waals surface area contributed by atoms with Crippen molar-refractivity contribution in [2.24, 2.45) is 5.73 Å². The molecule has 0 atom stereocenters. The molecule has 838 valence electrons. The number of carbonyl (C=O) groups is 17. The fraction of sp³-hybridized carbons (Fsp3) is 0.587. The maximum atomic E-state index is 12.9. The van der Waals surface area contributed by atoms with Crippen LogP contribution in [0.15, 0.2) is 67.3 Å². The number of amides is 6. The molecule has 0 saturated carbocycles. The summed E-state index contributed by atoms with van der Waals surface area (Å²) in [6.07, 6.45) is 22.2. The van der Waals surface area contributed by atoms with Crippen LogP contribution in [0.2, 0.25) is 0 Å². The molecule has 41 heteroatoms.